The number of ether oxygens (including phenoxy) is 6. The SMILES string of the molecule is CSSC(C)c1cc(NC(=O)COCCOCCN)ccc1C(=O)OCCOCC(=O)NCC#Cc1cn([C@H]2CC(OC(=O)c3ccccc3C(C)SSC)[C@@H](COP(=O)(O)OP(=O)(O)OP(=O)(O)O)O2)c2nc(N)[nH]c(=O)c12. The van der Waals surface area contributed by atoms with E-state index in [1.807, 2.05) is 26.4 Å². The van der Waals surface area contributed by atoms with Crippen molar-refractivity contribution in [2.75, 3.05) is 89.5 Å². The number of fused-ring (bicyclic) bond motifs is 1. The van der Waals surface area contributed by atoms with Gasteiger partial charge in [-0.3, -0.25) is 23.9 Å². The molecule has 4 aromatic rings. The van der Waals surface area contributed by atoms with Gasteiger partial charge in [-0.15, -0.1) is 0 Å². The minimum absolute atomic E-state index is 0.0638. The first-order valence-electron chi connectivity index (χ1n) is 23.3. The van der Waals surface area contributed by atoms with Crippen LogP contribution in [-0.4, -0.2) is 149 Å². The zero-order chi connectivity index (χ0) is 57.9. The first kappa shape index (κ1) is 65.5. The number of nitrogens with zero attached hydrogens (tertiary/aromatic N) is 2. The summed E-state index contributed by atoms with van der Waals surface area (Å²) in [5.74, 6) is 2.74. The zero-order valence-electron chi connectivity index (χ0n) is 42.5. The van der Waals surface area contributed by atoms with E-state index in [9.17, 15) is 47.5 Å². The normalized spacial score (nSPS) is 17.7. The summed E-state index contributed by atoms with van der Waals surface area (Å²) in [7, 11) is -11.3. The van der Waals surface area contributed by atoms with E-state index >= 15 is 0 Å². The fraction of sp³-hybridized carbons (Fsp3) is 0.455. The first-order valence-corrected chi connectivity index (χ1v) is 33.0. The molecular formula is C44H58N7O21P3S4. The smallest absolute Gasteiger partial charge is 0.460 e. The lowest BCUT2D eigenvalue weighted by molar-refractivity contribution is -0.125. The van der Waals surface area contributed by atoms with E-state index in [0.717, 1.165) is 0 Å². The molecule has 1 aliphatic heterocycles. The Labute approximate surface area is 467 Å². The number of nitrogens with one attached hydrogen (secondary N) is 3. The Morgan fingerprint density at radius 2 is 1.53 bits per heavy atom. The molecule has 434 valence electrons. The number of phosphoric ester groups is 1. The molecule has 0 saturated carbocycles. The van der Waals surface area contributed by atoms with E-state index in [1.54, 1.807) is 36.4 Å². The quantitative estimate of drug-likeness (QED) is 0.0109. The van der Waals surface area contributed by atoms with Crippen molar-refractivity contribution in [2.24, 2.45) is 5.73 Å². The van der Waals surface area contributed by atoms with Gasteiger partial charge in [0.15, 0.2) is 5.65 Å². The largest absolute Gasteiger partial charge is 0.490 e. The summed E-state index contributed by atoms with van der Waals surface area (Å²) in [4.78, 5) is 110. The Morgan fingerprint density at radius 3 is 2.23 bits per heavy atom. The maximum atomic E-state index is 13.8. The molecule has 79 heavy (non-hydrogen) atoms. The van der Waals surface area contributed by atoms with Crippen LogP contribution in [0, 0.1) is 11.8 Å². The topological polar surface area (TPSA) is 410 Å². The van der Waals surface area contributed by atoms with Gasteiger partial charge < -0.3 is 74.7 Å². The van der Waals surface area contributed by atoms with E-state index in [2.05, 4.69) is 41.1 Å². The lowest BCUT2D eigenvalue weighted by Crippen LogP contribution is -2.31. The Bertz CT molecular complexity index is 3050. The van der Waals surface area contributed by atoms with Gasteiger partial charge in [-0.1, -0.05) is 73.2 Å². The van der Waals surface area contributed by atoms with Crippen LogP contribution in [0.4, 0.5) is 11.6 Å². The van der Waals surface area contributed by atoms with Gasteiger partial charge in [-0.2, -0.15) is 13.6 Å². The molecule has 11 N–H and O–H groups in total. The second kappa shape index (κ2) is 31.2. The number of hydrogen-bond donors (Lipinski definition) is 9. The summed E-state index contributed by atoms with van der Waals surface area (Å²) < 4.78 is 83.3. The number of phosphoric acid groups is 3. The lowest BCUT2D eigenvalue weighted by Gasteiger charge is -2.22. The average Bonchev–Trinajstić information content (AvgIpc) is 4.20. The molecule has 0 aliphatic carbocycles. The summed E-state index contributed by atoms with van der Waals surface area (Å²) in [6, 6.07) is 11.4. The summed E-state index contributed by atoms with van der Waals surface area (Å²) in [5, 5.41) is 4.87. The molecule has 0 radical (unpaired) electrons. The number of anilines is 2. The zero-order valence-corrected chi connectivity index (χ0v) is 48.5. The Hall–Kier alpha value is -4.29. The Morgan fingerprint density at radius 1 is 0.873 bits per heavy atom. The van der Waals surface area contributed by atoms with Crippen molar-refractivity contribution < 1.29 is 94.0 Å². The molecule has 1 aliphatic rings. The van der Waals surface area contributed by atoms with Crippen molar-refractivity contribution in [1.29, 1.82) is 0 Å². The van der Waals surface area contributed by atoms with E-state index in [0.29, 0.717) is 36.6 Å². The molecule has 7 atom stereocenters. The van der Waals surface area contributed by atoms with Crippen LogP contribution < -0.4 is 27.7 Å². The number of aromatic nitrogens is 3. The molecule has 3 heterocycles. The number of nitrogens with two attached hydrogens (primary N) is 2. The van der Waals surface area contributed by atoms with Crippen LogP contribution in [0.2, 0.25) is 0 Å². The molecule has 5 rings (SSSR count). The summed E-state index contributed by atoms with van der Waals surface area (Å²) in [6.45, 7) is 2.79. The van der Waals surface area contributed by atoms with Gasteiger partial charge in [-0.05, 0) is 61.8 Å². The van der Waals surface area contributed by atoms with Crippen LogP contribution >= 0.6 is 66.6 Å². The molecule has 0 spiro atoms. The van der Waals surface area contributed by atoms with Gasteiger partial charge in [-0.25, -0.2) is 23.3 Å². The number of aromatic amines is 1. The second-order valence-corrected chi connectivity index (χ2v) is 26.3. The van der Waals surface area contributed by atoms with Crippen molar-refractivity contribution in [3.8, 4) is 11.8 Å². The molecule has 35 heteroatoms. The van der Waals surface area contributed by atoms with E-state index < -0.39 is 84.4 Å². The minimum Gasteiger partial charge on any atom is -0.460 e. The Balaban J connectivity index is 1.22. The second-order valence-electron chi connectivity index (χ2n) is 16.3. The molecule has 2 amide bonds. The molecule has 2 aromatic heterocycles. The number of rotatable bonds is 31. The van der Waals surface area contributed by atoms with E-state index in [1.165, 1.54) is 60.0 Å². The fourth-order valence-corrected chi connectivity index (χ4v) is 13.9. The number of amides is 2. The highest BCUT2D eigenvalue weighted by Crippen LogP contribution is 2.66. The highest BCUT2D eigenvalue weighted by atomic mass is 33.1. The number of carbonyl (C=O) groups excluding carboxylic acids is 4. The standard InChI is InChI=1S/C44H58N7O21P3S4/c1-26(78-76-3)30-9-5-6-10-31(30)43(56)70-34-21-38(69-35(34)23-68-74(60,61)72-75(62,63)71-73(57,58)59)51-22-28(39-40(51)49-44(46)50-41(39)54)8-7-14-47-36(52)24-66-18-19-67-42(55)32-12-11-29(20-33(32)27(2)79-77-4)48-37(53)25-65-17-16-64-15-13-45/h5-6,9-12,20,22,26-27,34-35,38H,13-19,21,23-25,45H2,1-4H3,(H,47,52)(H,48,53)(H,60,61)(H,62,63)(H2,57,58,59)(H3,46,49,50,54)/t26?,27?,34?,35-,38-/m1/s1. The Kier molecular flexibility index (Phi) is 25.9. The van der Waals surface area contributed by atoms with Gasteiger partial charge in [0, 0.05) is 35.3 Å². The first-order chi connectivity index (χ1) is 37.4. The van der Waals surface area contributed by atoms with Crippen molar-refractivity contribution in [2.45, 2.75) is 49.2 Å². The lowest BCUT2D eigenvalue weighted by atomic mass is 10.0. The number of hydrogen-bond acceptors (Lipinski definition) is 24. The molecule has 1 saturated heterocycles. The highest BCUT2D eigenvalue weighted by molar-refractivity contribution is 8.76. The number of nitrogen functional groups attached to an aromatic ring is 1. The predicted molar refractivity (Wildman–Crippen MR) is 295 cm³/mol. The third kappa shape index (κ3) is 20.9. The van der Waals surface area contributed by atoms with Gasteiger partial charge in [0.05, 0.1) is 61.7 Å². The van der Waals surface area contributed by atoms with Crippen LogP contribution in [-0.2, 0) is 64.9 Å². The van der Waals surface area contributed by atoms with E-state index in [4.69, 9.17) is 54.2 Å². The third-order valence-corrected chi connectivity index (χ3v) is 18.7. The minimum atomic E-state index is -5.90. The van der Waals surface area contributed by atoms with Crippen molar-refractivity contribution in [3.63, 3.8) is 0 Å². The molecule has 0 bridgehead atoms. The monoisotopic (exact) mass is 1240 g/mol. The third-order valence-electron chi connectivity index (χ3n) is 10.5. The van der Waals surface area contributed by atoms with E-state index in [-0.39, 0.29) is 83.6 Å². The summed E-state index contributed by atoms with van der Waals surface area (Å²) in [5.41, 5.74) is 12.7. The van der Waals surface area contributed by atoms with Crippen LogP contribution in [0.15, 0.2) is 53.5 Å². The molecule has 5 unspecified atom stereocenters. The van der Waals surface area contributed by atoms with Crippen molar-refractivity contribution in [3.05, 3.63) is 86.8 Å². The molecule has 2 aromatic carbocycles. The maximum Gasteiger partial charge on any atom is 0.490 e. The summed E-state index contributed by atoms with van der Waals surface area (Å²) in [6.07, 6.45) is 0.842. The van der Waals surface area contributed by atoms with Crippen molar-refractivity contribution in [1.82, 2.24) is 19.9 Å². The highest BCUT2D eigenvalue weighted by Gasteiger charge is 2.45. The fourth-order valence-electron chi connectivity index (χ4n) is 7.33. The number of carbonyl (C=O) groups is 4. The summed E-state index contributed by atoms with van der Waals surface area (Å²) >= 11 is 0. The van der Waals surface area contributed by atoms with Gasteiger partial charge in [0.1, 0.15) is 38.3 Å². The predicted octanol–water partition coefficient (Wildman–Crippen LogP) is 4.58. The molecule has 28 nitrogen and oxygen atoms in total. The van der Waals surface area contributed by atoms with Crippen LogP contribution in [0.5, 0.6) is 0 Å². The van der Waals surface area contributed by atoms with Gasteiger partial charge in [0.2, 0.25) is 17.8 Å². The maximum absolute atomic E-state index is 13.8. The van der Waals surface area contributed by atoms with Crippen LogP contribution in [0.1, 0.15) is 74.4 Å². The average molecular weight is 1240 g/mol. The number of benzene rings is 2. The van der Waals surface area contributed by atoms with Gasteiger partial charge in [0.25, 0.3) is 5.56 Å². The van der Waals surface area contributed by atoms with Crippen LogP contribution in [0.25, 0.3) is 11.0 Å². The number of esters is 2. The van der Waals surface area contributed by atoms with Gasteiger partial charge >= 0.3 is 35.4 Å². The van der Waals surface area contributed by atoms with Crippen molar-refractivity contribution >= 4 is 113 Å². The molecule has 1 fully saturated rings. The molecular weight excluding hydrogens is 1180 g/mol. The number of H-pyrrole nitrogens is 1. The van der Waals surface area contributed by atoms with Crippen LogP contribution in [0.3, 0.4) is 0 Å².